The maximum atomic E-state index is 13.8. The van der Waals surface area contributed by atoms with Crippen LogP contribution in [0.4, 0.5) is 14.5 Å². The van der Waals surface area contributed by atoms with E-state index in [9.17, 15) is 13.6 Å². The Morgan fingerprint density at radius 2 is 1.36 bits per heavy atom. The summed E-state index contributed by atoms with van der Waals surface area (Å²) in [6.45, 7) is 0.287. The molecule has 2 aliphatic rings. The van der Waals surface area contributed by atoms with Crippen LogP contribution in [0.25, 0.3) is 20.9 Å². The zero-order chi connectivity index (χ0) is 30.6. The van der Waals surface area contributed by atoms with E-state index in [4.69, 9.17) is 14.5 Å². The highest BCUT2D eigenvalue weighted by Gasteiger charge is 2.21. The van der Waals surface area contributed by atoms with Crippen molar-refractivity contribution in [1.82, 2.24) is 9.97 Å². The van der Waals surface area contributed by atoms with Crippen LogP contribution in [-0.4, -0.2) is 30.5 Å². The molecule has 5 aromatic rings. The molecular formula is C34H31F2N3O3S2. The van der Waals surface area contributed by atoms with Crippen molar-refractivity contribution in [3.05, 3.63) is 98.8 Å². The van der Waals surface area contributed by atoms with E-state index in [0.717, 1.165) is 88.0 Å². The number of aromatic nitrogens is 2. The van der Waals surface area contributed by atoms with Gasteiger partial charge >= 0.3 is 0 Å². The summed E-state index contributed by atoms with van der Waals surface area (Å²) in [4.78, 5) is 22.2. The van der Waals surface area contributed by atoms with E-state index in [1.807, 2.05) is 24.3 Å². The molecule has 0 spiro atoms. The number of aldehydes is 1. The molecular weight excluding hydrogens is 601 g/mol. The molecule has 226 valence electrons. The highest BCUT2D eigenvalue weighted by Crippen LogP contribution is 2.40. The van der Waals surface area contributed by atoms with E-state index in [1.54, 1.807) is 25.6 Å². The topological polar surface area (TPSA) is 73.3 Å². The largest absolute Gasteiger partial charge is 0.497 e. The molecule has 2 aliphatic carbocycles. The second kappa shape index (κ2) is 13.2. The van der Waals surface area contributed by atoms with Gasteiger partial charge in [-0.25, -0.2) is 18.7 Å². The number of carbonyl (C=O) groups excluding carboxylic acids is 1. The van der Waals surface area contributed by atoms with Crippen LogP contribution >= 0.6 is 22.7 Å². The number of rotatable bonds is 6. The highest BCUT2D eigenvalue weighted by atomic mass is 32.1. The normalized spacial score (nSPS) is 13.1. The molecule has 0 aliphatic heterocycles. The molecule has 0 fully saturated rings. The summed E-state index contributed by atoms with van der Waals surface area (Å²) in [5, 5.41) is 4.22. The van der Waals surface area contributed by atoms with E-state index in [0.29, 0.717) is 5.01 Å². The third-order valence-electron chi connectivity index (χ3n) is 7.78. The summed E-state index contributed by atoms with van der Waals surface area (Å²) in [5.41, 5.74) is 6.91. The lowest BCUT2D eigenvalue weighted by Crippen LogP contribution is -2.03. The van der Waals surface area contributed by atoms with Crippen molar-refractivity contribution >= 4 is 34.6 Å². The van der Waals surface area contributed by atoms with Gasteiger partial charge in [-0.05, 0) is 86.1 Å². The number of nitrogens with one attached hydrogen (secondary N) is 1. The number of ether oxygens (including phenoxy) is 2. The number of nitrogens with zero attached hydrogens (tertiary/aromatic N) is 2. The van der Waals surface area contributed by atoms with Crippen molar-refractivity contribution in [2.24, 2.45) is 0 Å². The Balaban J connectivity index is 0.000000167. The Morgan fingerprint density at radius 1 is 0.795 bits per heavy atom. The molecule has 0 saturated carbocycles. The lowest BCUT2D eigenvalue weighted by molar-refractivity contribution is 0.112. The predicted octanol–water partition coefficient (Wildman–Crippen LogP) is 8.32. The van der Waals surface area contributed by atoms with Gasteiger partial charge in [0.15, 0.2) is 11.3 Å². The first-order valence-electron chi connectivity index (χ1n) is 14.4. The van der Waals surface area contributed by atoms with E-state index in [2.05, 4.69) is 22.4 Å². The number of methoxy groups -OCH3 is 2. The lowest BCUT2D eigenvalue weighted by Gasteiger charge is -2.08. The molecule has 44 heavy (non-hydrogen) atoms. The van der Waals surface area contributed by atoms with Gasteiger partial charge in [-0.3, -0.25) is 4.79 Å². The van der Waals surface area contributed by atoms with E-state index >= 15 is 0 Å². The minimum Gasteiger partial charge on any atom is -0.497 e. The number of para-hydroxylation sites is 1. The molecule has 7 rings (SSSR count). The van der Waals surface area contributed by atoms with Crippen LogP contribution in [-0.2, 0) is 32.2 Å². The second-order valence-corrected chi connectivity index (χ2v) is 12.6. The van der Waals surface area contributed by atoms with E-state index < -0.39 is 11.6 Å². The molecule has 0 atom stereocenters. The summed E-state index contributed by atoms with van der Waals surface area (Å²) in [7, 11) is 3.33. The Kier molecular flexibility index (Phi) is 8.99. The average Bonchev–Trinajstić information content (AvgIpc) is 3.56. The van der Waals surface area contributed by atoms with E-state index in [-0.39, 0.29) is 12.2 Å². The zero-order valence-corrected chi connectivity index (χ0v) is 26.0. The van der Waals surface area contributed by atoms with Gasteiger partial charge in [0, 0.05) is 11.1 Å². The maximum Gasteiger partial charge on any atom is 0.178 e. The molecule has 3 aromatic carbocycles. The first kappa shape index (κ1) is 29.9. The van der Waals surface area contributed by atoms with Crippen LogP contribution in [0.5, 0.6) is 11.5 Å². The first-order valence-corrected chi connectivity index (χ1v) is 16.1. The summed E-state index contributed by atoms with van der Waals surface area (Å²) >= 11 is 3.04. The summed E-state index contributed by atoms with van der Waals surface area (Å²) < 4.78 is 38.2. The SMILES string of the molecule is COc1ccc2c(c1)-c1sc(C=O)nc1CCC2.COc1ccc2c(c1)-c1sc(CNc3c(F)cccc3F)nc1CCC2. The third-order valence-corrected chi connectivity index (χ3v) is 9.97. The minimum atomic E-state index is -0.599. The molecule has 0 unspecified atom stereocenters. The monoisotopic (exact) mass is 631 g/mol. The van der Waals surface area contributed by atoms with Crippen LogP contribution in [0.2, 0.25) is 0 Å². The number of hydrogen-bond acceptors (Lipinski definition) is 8. The van der Waals surface area contributed by atoms with Crippen LogP contribution in [0.15, 0.2) is 54.6 Å². The number of halogens is 2. The van der Waals surface area contributed by atoms with Gasteiger partial charge < -0.3 is 14.8 Å². The molecule has 0 bridgehead atoms. The van der Waals surface area contributed by atoms with Crippen LogP contribution in [0.1, 0.15) is 50.2 Å². The Labute approximate surface area is 262 Å². The number of fused-ring (bicyclic) bond motifs is 6. The first-order chi connectivity index (χ1) is 21.5. The Bertz CT molecular complexity index is 1800. The van der Waals surface area contributed by atoms with Gasteiger partial charge in [0.05, 0.1) is 41.9 Å². The second-order valence-electron chi connectivity index (χ2n) is 10.5. The molecule has 0 radical (unpaired) electrons. The molecule has 1 N–H and O–H groups in total. The molecule has 2 aromatic heterocycles. The van der Waals surface area contributed by atoms with Crippen molar-refractivity contribution in [1.29, 1.82) is 0 Å². The average molecular weight is 632 g/mol. The lowest BCUT2D eigenvalue weighted by atomic mass is 10.0. The quantitative estimate of drug-likeness (QED) is 0.190. The van der Waals surface area contributed by atoms with Gasteiger partial charge in [0.1, 0.15) is 33.8 Å². The van der Waals surface area contributed by atoms with Gasteiger partial charge in [0.25, 0.3) is 0 Å². The van der Waals surface area contributed by atoms with Crippen LogP contribution in [0.3, 0.4) is 0 Å². The smallest absolute Gasteiger partial charge is 0.178 e. The number of thiazole rings is 2. The van der Waals surface area contributed by atoms with Gasteiger partial charge in [-0.2, -0.15) is 0 Å². The number of aryl methyl sites for hydroxylation is 4. The standard InChI is InChI=1S/C20H18F2N2OS.C14H13NO2S/c1-25-13-9-8-12-4-2-7-17-20(14(12)10-13)26-18(24-17)11-23-19-15(21)5-3-6-16(19)22;1-17-10-6-5-9-3-2-4-12-14(11(9)7-10)18-13(8-16)15-12/h3,5-6,8-10,23H,2,4,7,11H2,1H3;5-8H,2-4H2,1H3. The third kappa shape index (κ3) is 6.23. The number of carbonyl (C=O) groups is 1. The summed E-state index contributed by atoms with van der Waals surface area (Å²) in [6.07, 6.45) is 6.85. The summed E-state index contributed by atoms with van der Waals surface area (Å²) in [5.74, 6) is 0.470. The fraction of sp³-hybridized carbons (Fsp3) is 0.265. The number of hydrogen-bond donors (Lipinski definition) is 1. The number of benzene rings is 3. The van der Waals surface area contributed by atoms with Crippen molar-refractivity contribution < 1.29 is 23.0 Å². The van der Waals surface area contributed by atoms with E-state index in [1.165, 1.54) is 46.2 Å². The minimum absolute atomic E-state index is 0.111. The van der Waals surface area contributed by atoms with Crippen molar-refractivity contribution in [3.8, 4) is 32.4 Å². The maximum absolute atomic E-state index is 13.8. The van der Waals surface area contributed by atoms with Crippen molar-refractivity contribution in [2.75, 3.05) is 19.5 Å². The predicted molar refractivity (Wildman–Crippen MR) is 171 cm³/mol. The molecule has 2 heterocycles. The fourth-order valence-electron chi connectivity index (χ4n) is 5.60. The van der Waals surface area contributed by atoms with Crippen molar-refractivity contribution in [2.45, 2.75) is 45.1 Å². The summed E-state index contributed by atoms with van der Waals surface area (Å²) in [6, 6.07) is 16.1. The Morgan fingerprint density at radius 3 is 1.93 bits per heavy atom. The van der Waals surface area contributed by atoms with Gasteiger partial charge in [-0.15, -0.1) is 22.7 Å². The van der Waals surface area contributed by atoms with Crippen LogP contribution in [0, 0.1) is 11.6 Å². The van der Waals surface area contributed by atoms with Crippen molar-refractivity contribution in [3.63, 3.8) is 0 Å². The Hall–Kier alpha value is -4.15. The van der Waals surface area contributed by atoms with Crippen LogP contribution < -0.4 is 14.8 Å². The van der Waals surface area contributed by atoms with Gasteiger partial charge in [-0.1, -0.05) is 18.2 Å². The highest BCUT2D eigenvalue weighted by molar-refractivity contribution is 7.16. The number of anilines is 1. The molecule has 0 amide bonds. The molecule has 6 nitrogen and oxygen atoms in total. The zero-order valence-electron chi connectivity index (χ0n) is 24.4. The fourth-order valence-corrected chi connectivity index (χ4v) is 7.68. The molecule has 0 saturated heterocycles. The molecule has 10 heteroatoms. The van der Waals surface area contributed by atoms with Gasteiger partial charge in [0.2, 0.25) is 0 Å².